The zero-order chi connectivity index (χ0) is 17.8. The number of hydrogen-bond donors (Lipinski definition) is 2. The van der Waals surface area contributed by atoms with E-state index in [2.05, 4.69) is 4.72 Å². The molecule has 3 N–H and O–H groups in total. The standard InChI is InChI=1S/C14H23N3O5S/c1-9(2)5-10(14(19)22-4)7-16-23(20,21)11-6-12(13(15)18)17(3)8-11/h6,8-10,16H,5,7H2,1-4H3,(H2,15,18)/t10-/m0/s1. The number of nitrogens with one attached hydrogen (secondary N) is 1. The number of rotatable bonds is 8. The highest BCUT2D eigenvalue weighted by Gasteiger charge is 2.25. The zero-order valence-corrected chi connectivity index (χ0v) is 14.5. The first kappa shape index (κ1) is 19.2. The molecule has 1 heterocycles. The normalized spacial score (nSPS) is 13.1. The van der Waals surface area contributed by atoms with E-state index < -0.39 is 27.8 Å². The van der Waals surface area contributed by atoms with Gasteiger partial charge in [-0.25, -0.2) is 13.1 Å². The number of primary amides is 1. The molecule has 0 aliphatic heterocycles. The van der Waals surface area contributed by atoms with Crippen molar-refractivity contribution in [1.29, 1.82) is 0 Å². The summed E-state index contributed by atoms with van der Waals surface area (Å²) >= 11 is 0. The summed E-state index contributed by atoms with van der Waals surface area (Å²) in [4.78, 5) is 22.8. The second-order valence-electron chi connectivity index (χ2n) is 5.74. The summed E-state index contributed by atoms with van der Waals surface area (Å²) in [6.07, 6.45) is 1.79. The molecule has 1 atom stereocenters. The average Bonchev–Trinajstić information content (AvgIpc) is 2.85. The van der Waals surface area contributed by atoms with Crippen molar-refractivity contribution in [1.82, 2.24) is 9.29 Å². The van der Waals surface area contributed by atoms with Gasteiger partial charge in [0.1, 0.15) is 10.6 Å². The molecule has 0 bridgehead atoms. The molecule has 9 heteroatoms. The molecule has 0 spiro atoms. The van der Waals surface area contributed by atoms with Crippen LogP contribution in [0.2, 0.25) is 0 Å². The lowest BCUT2D eigenvalue weighted by Gasteiger charge is -2.17. The number of esters is 1. The minimum atomic E-state index is -3.85. The van der Waals surface area contributed by atoms with Crippen LogP contribution in [0.5, 0.6) is 0 Å². The predicted octanol–water partition coefficient (Wildman–Crippen LogP) is 0.238. The van der Waals surface area contributed by atoms with Gasteiger partial charge in [0, 0.05) is 19.8 Å². The van der Waals surface area contributed by atoms with Crippen LogP contribution in [-0.4, -0.2) is 38.5 Å². The van der Waals surface area contributed by atoms with Crippen molar-refractivity contribution < 1.29 is 22.7 Å². The highest BCUT2D eigenvalue weighted by atomic mass is 32.2. The second kappa shape index (κ2) is 7.60. The van der Waals surface area contributed by atoms with Crippen molar-refractivity contribution >= 4 is 21.9 Å². The number of hydrogen-bond acceptors (Lipinski definition) is 5. The van der Waals surface area contributed by atoms with Crippen molar-refractivity contribution in [2.45, 2.75) is 25.2 Å². The van der Waals surface area contributed by atoms with E-state index in [1.165, 1.54) is 31.0 Å². The molecule has 23 heavy (non-hydrogen) atoms. The van der Waals surface area contributed by atoms with Crippen LogP contribution in [0, 0.1) is 11.8 Å². The Hall–Kier alpha value is -1.87. The molecule has 1 amide bonds. The Kier molecular flexibility index (Phi) is 6.34. The Bertz CT molecular complexity index is 679. The molecule has 1 aromatic rings. The average molecular weight is 345 g/mol. The van der Waals surface area contributed by atoms with Crippen LogP contribution in [0.3, 0.4) is 0 Å². The van der Waals surface area contributed by atoms with Crippen LogP contribution in [-0.2, 0) is 26.6 Å². The van der Waals surface area contributed by atoms with Gasteiger partial charge in [0.15, 0.2) is 0 Å². The van der Waals surface area contributed by atoms with Gasteiger partial charge in [0.25, 0.3) is 5.91 Å². The molecule has 0 fully saturated rings. The summed E-state index contributed by atoms with van der Waals surface area (Å²) in [6, 6.07) is 1.19. The molecule has 0 saturated heterocycles. The summed E-state index contributed by atoms with van der Waals surface area (Å²) in [5, 5.41) is 0. The first-order valence-corrected chi connectivity index (χ1v) is 8.60. The van der Waals surface area contributed by atoms with Crippen molar-refractivity contribution in [2.75, 3.05) is 13.7 Å². The van der Waals surface area contributed by atoms with Crippen molar-refractivity contribution in [3.8, 4) is 0 Å². The Morgan fingerprint density at radius 2 is 2.00 bits per heavy atom. The monoisotopic (exact) mass is 345 g/mol. The smallest absolute Gasteiger partial charge is 0.309 e. The van der Waals surface area contributed by atoms with Crippen LogP contribution in [0.1, 0.15) is 30.8 Å². The van der Waals surface area contributed by atoms with Gasteiger partial charge in [0.2, 0.25) is 10.0 Å². The highest BCUT2D eigenvalue weighted by molar-refractivity contribution is 7.89. The quantitative estimate of drug-likeness (QED) is 0.654. The number of aromatic nitrogens is 1. The largest absolute Gasteiger partial charge is 0.469 e. The van der Waals surface area contributed by atoms with E-state index in [1.54, 1.807) is 0 Å². The van der Waals surface area contributed by atoms with Crippen LogP contribution in [0.15, 0.2) is 17.2 Å². The summed E-state index contributed by atoms with van der Waals surface area (Å²) in [5.74, 6) is -1.55. The maximum atomic E-state index is 12.3. The number of sulfonamides is 1. The number of nitrogens with two attached hydrogens (primary N) is 1. The third-order valence-electron chi connectivity index (χ3n) is 3.35. The Balaban J connectivity index is 2.91. The fraction of sp³-hybridized carbons (Fsp3) is 0.571. The molecule has 8 nitrogen and oxygen atoms in total. The summed E-state index contributed by atoms with van der Waals surface area (Å²) in [7, 11) is -1.07. The van der Waals surface area contributed by atoms with Gasteiger partial charge in [-0.2, -0.15) is 0 Å². The number of methoxy groups -OCH3 is 1. The summed E-state index contributed by atoms with van der Waals surface area (Å²) < 4.78 is 33.0. The Morgan fingerprint density at radius 1 is 1.39 bits per heavy atom. The van der Waals surface area contributed by atoms with E-state index in [0.717, 1.165) is 0 Å². The van der Waals surface area contributed by atoms with Crippen molar-refractivity contribution in [3.63, 3.8) is 0 Å². The molecular formula is C14H23N3O5S. The number of carbonyl (C=O) groups excluding carboxylic acids is 2. The van der Waals surface area contributed by atoms with E-state index in [1.807, 2.05) is 13.8 Å². The van der Waals surface area contributed by atoms with E-state index in [4.69, 9.17) is 10.5 Å². The topological polar surface area (TPSA) is 120 Å². The van der Waals surface area contributed by atoms with E-state index in [-0.39, 0.29) is 23.1 Å². The molecule has 130 valence electrons. The molecule has 0 radical (unpaired) electrons. The molecule has 0 unspecified atom stereocenters. The zero-order valence-electron chi connectivity index (χ0n) is 13.7. The van der Waals surface area contributed by atoms with E-state index in [9.17, 15) is 18.0 Å². The van der Waals surface area contributed by atoms with Crippen molar-refractivity contribution in [2.24, 2.45) is 24.6 Å². The lowest BCUT2D eigenvalue weighted by atomic mass is 9.97. The number of ether oxygens (including phenoxy) is 1. The van der Waals surface area contributed by atoms with Crippen LogP contribution in [0.4, 0.5) is 0 Å². The molecule has 0 saturated carbocycles. The lowest BCUT2D eigenvalue weighted by molar-refractivity contribution is -0.145. The third kappa shape index (κ3) is 5.07. The number of carbonyl (C=O) groups is 2. The van der Waals surface area contributed by atoms with E-state index >= 15 is 0 Å². The molecule has 1 rings (SSSR count). The number of aryl methyl sites for hydroxylation is 1. The van der Waals surface area contributed by atoms with Gasteiger partial charge in [-0.1, -0.05) is 13.8 Å². The molecular weight excluding hydrogens is 322 g/mol. The fourth-order valence-corrected chi connectivity index (χ4v) is 3.37. The van der Waals surface area contributed by atoms with Gasteiger partial charge in [0.05, 0.1) is 13.0 Å². The van der Waals surface area contributed by atoms with Gasteiger partial charge in [-0.05, 0) is 18.4 Å². The molecule has 1 aromatic heterocycles. The van der Waals surface area contributed by atoms with Crippen LogP contribution in [0.25, 0.3) is 0 Å². The first-order valence-electron chi connectivity index (χ1n) is 7.12. The van der Waals surface area contributed by atoms with E-state index in [0.29, 0.717) is 6.42 Å². The maximum Gasteiger partial charge on any atom is 0.309 e. The molecule has 0 aliphatic carbocycles. The van der Waals surface area contributed by atoms with Gasteiger partial charge in [-0.3, -0.25) is 9.59 Å². The maximum absolute atomic E-state index is 12.3. The minimum absolute atomic E-state index is 0.0754. The number of amides is 1. The highest BCUT2D eigenvalue weighted by Crippen LogP contribution is 2.16. The minimum Gasteiger partial charge on any atom is -0.469 e. The summed E-state index contributed by atoms with van der Waals surface area (Å²) in [6.45, 7) is 3.79. The summed E-state index contributed by atoms with van der Waals surface area (Å²) in [5.41, 5.74) is 5.25. The van der Waals surface area contributed by atoms with Crippen molar-refractivity contribution in [3.05, 3.63) is 18.0 Å². The SMILES string of the molecule is COC(=O)[C@H](CNS(=O)(=O)c1cc(C(N)=O)n(C)c1)CC(C)C. The van der Waals surface area contributed by atoms with Crippen LogP contribution >= 0.6 is 0 Å². The Morgan fingerprint density at radius 3 is 2.43 bits per heavy atom. The third-order valence-corrected chi connectivity index (χ3v) is 4.74. The Labute approximate surface area is 136 Å². The second-order valence-corrected chi connectivity index (χ2v) is 7.50. The fourth-order valence-electron chi connectivity index (χ4n) is 2.22. The molecule has 0 aliphatic rings. The predicted molar refractivity (Wildman–Crippen MR) is 84.1 cm³/mol. The van der Waals surface area contributed by atoms with Crippen LogP contribution < -0.4 is 10.5 Å². The number of nitrogens with zero attached hydrogens (tertiary/aromatic N) is 1. The first-order chi connectivity index (χ1) is 10.6. The van der Waals surface area contributed by atoms with Gasteiger partial charge in [-0.15, -0.1) is 0 Å². The van der Waals surface area contributed by atoms with Gasteiger partial charge >= 0.3 is 5.97 Å². The van der Waals surface area contributed by atoms with Gasteiger partial charge < -0.3 is 15.0 Å². The lowest BCUT2D eigenvalue weighted by Crippen LogP contribution is -2.34. The molecule has 0 aromatic carbocycles.